The summed E-state index contributed by atoms with van der Waals surface area (Å²) in [5, 5.41) is 7.49. The van der Waals surface area contributed by atoms with E-state index in [1.165, 1.54) is 24.8 Å². The first kappa shape index (κ1) is 15.9. The van der Waals surface area contributed by atoms with E-state index >= 15 is 0 Å². The number of nitrogens with two attached hydrogens (primary N) is 1. The van der Waals surface area contributed by atoms with Crippen molar-refractivity contribution in [1.82, 2.24) is 15.5 Å². The van der Waals surface area contributed by atoms with Crippen molar-refractivity contribution < 1.29 is 4.52 Å². The molecule has 1 aromatic carbocycles. The van der Waals surface area contributed by atoms with E-state index in [2.05, 4.69) is 39.7 Å². The number of benzene rings is 1. The van der Waals surface area contributed by atoms with E-state index in [-0.39, 0.29) is 19.0 Å². The summed E-state index contributed by atoms with van der Waals surface area (Å²) in [7, 11) is 0. The molecule has 1 aliphatic carbocycles. The number of rotatable bonds is 6. The average molecular weight is 309 g/mol. The van der Waals surface area contributed by atoms with Gasteiger partial charge < -0.3 is 15.6 Å². The predicted molar refractivity (Wildman–Crippen MR) is 82.8 cm³/mol. The highest BCUT2D eigenvalue weighted by molar-refractivity contribution is 5.85. The van der Waals surface area contributed by atoms with Gasteiger partial charge in [0.05, 0.1) is 13.1 Å². The second-order valence-corrected chi connectivity index (χ2v) is 5.27. The maximum Gasteiger partial charge on any atom is 0.240 e. The number of nitrogens with zero attached hydrogens (tertiary/aromatic N) is 2. The van der Waals surface area contributed by atoms with Crippen LogP contribution in [-0.2, 0) is 13.1 Å². The fraction of sp³-hybridized carbons (Fsp3) is 0.467. The molecule has 2 aromatic rings. The van der Waals surface area contributed by atoms with Gasteiger partial charge in [-0.25, -0.2) is 0 Å². The Balaban J connectivity index is 0.00000161. The number of hydrogen-bond acceptors (Lipinski definition) is 5. The van der Waals surface area contributed by atoms with Crippen molar-refractivity contribution in [3.8, 4) is 0 Å². The lowest BCUT2D eigenvalue weighted by Crippen LogP contribution is -2.32. The normalized spacial score (nSPS) is 16.0. The van der Waals surface area contributed by atoms with Gasteiger partial charge in [-0.2, -0.15) is 4.98 Å². The van der Waals surface area contributed by atoms with Gasteiger partial charge >= 0.3 is 0 Å². The summed E-state index contributed by atoms with van der Waals surface area (Å²) in [5.41, 5.74) is 6.81. The molecule has 5 nitrogen and oxygen atoms in total. The molecule has 1 fully saturated rings. The SMILES string of the molecule is Cl.NCc1nc(CNC(c2ccccc2)C2CCC2)no1. The summed E-state index contributed by atoms with van der Waals surface area (Å²) in [6.07, 6.45) is 3.90. The molecular weight excluding hydrogens is 288 g/mol. The lowest BCUT2D eigenvalue weighted by atomic mass is 9.77. The van der Waals surface area contributed by atoms with E-state index < -0.39 is 0 Å². The van der Waals surface area contributed by atoms with Crippen LogP contribution in [0.5, 0.6) is 0 Å². The summed E-state index contributed by atoms with van der Waals surface area (Å²) in [5.74, 6) is 1.87. The van der Waals surface area contributed by atoms with Crippen LogP contribution in [0.2, 0.25) is 0 Å². The third kappa shape index (κ3) is 3.81. The molecule has 1 atom stereocenters. The molecule has 1 saturated carbocycles. The lowest BCUT2D eigenvalue weighted by Gasteiger charge is -2.34. The highest BCUT2D eigenvalue weighted by Crippen LogP contribution is 2.37. The van der Waals surface area contributed by atoms with Crippen LogP contribution < -0.4 is 11.1 Å². The molecule has 0 amide bonds. The summed E-state index contributed by atoms with van der Waals surface area (Å²) >= 11 is 0. The van der Waals surface area contributed by atoms with Gasteiger partial charge in [-0.3, -0.25) is 0 Å². The van der Waals surface area contributed by atoms with Crippen LogP contribution in [0.15, 0.2) is 34.9 Å². The van der Waals surface area contributed by atoms with Crippen molar-refractivity contribution >= 4 is 12.4 Å². The quantitative estimate of drug-likeness (QED) is 0.857. The van der Waals surface area contributed by atoms with E-state index in [0.29, 0.717) is 30.2 Å². The molecule has 1 heterocycles. The molecule has 1 unspecified atom stereocenters. The standard InChI is InChI=1S/C15H20N4O.ClH/c16-9-14-18-13(19-20-14)10-17-15(12-7-4-8-12)11-5-2-1-3-6-11;/h1-3,5-6,12,15,17H,4,7-10,16H2;1H. The van der Waals surface area contributed by atoms with Crippen molar-refractivity contribution in [2.45, 2.75) is 38.4 Å². The van der Waals surface area contributed by atoms with Gasteiger partial charge in [0.15, 0.2) is 5.82 Å². The lowest BCUT2D eigenvalue weighted by molar-refractivity contribution is 0.228. The van der Waals surface area contributed by atoms with Crippen LogP contribution in [0.4, 0.5) is 0 Å². The van der Waals surface area contributed by atoms with Gasteiger partial charge in [0.1, 0.15) is 0 Å². The first-order valence-corrected chi connectivity index (χ1v) is 7.16. The van der Waals surface area contributed by atoms with E-state index in [4.69, 9.17) is 10.3 Å². The van der Waals surface area contributed by atoms with Gasteiger partial charge in [0.25, 0.3) is 0 Å². The highest BCUT2D eigenvalue weighted by Gasteiger charge is 2.28. The van der Waals surface area contributed by atoms with Crippen LogP contribution in [0.1, 0.15) is 42.6 Å². The van der Waals surface area contributed by atoms with Gasteiger partial charge in [-0.1, -0.05) is 41.9 Å². The van der Waals surface area contributed by atoms with Crippen molar-refractivity contribution in [1.29, 1.82) is 0 Å². The monoisotopic (exact) mass is 308 g/mol. The van der Waals surface area contributed by atoms with Crippen LogP contribution in [0.25, 0.3) is 0 Å². The van der Waals surface area contributed by atoms with E-state index in [1.807, 2.05) is 6.07 Å². The van der Waals surface area contributed by atoms with Crippen molar-refractivity contribution in [3.05, 3.63) is 47.6 Å². The Morgan fingerprint density at radius 3 is 2.62 bits per heavy atom. The zero-order valence-corrected chi connectivity index (χ0v) is 12.7. The van der Waals surface area contributed by atoms with Gasteiger partial charge in [-0.15, -0.1) is 12.4 Å². The van der Waals surface area contributed by atoms with Crippen LogP contribution in [0.3, 0.4) is 0 Å². The molecule has 0 radical (unpaired) electrons. The first-order chi connectivity index (χ1) is 9.86. The van der Waals surface area contributed by atoms with Crippen molar-refractivity contribution in [2.24, 2.45) is 11.7 Å². The Bertz CT molecular complexity index is 542. The summed E-state index contributed by atoms with van der Waals surface area (Å²) in [6, 6.07) is 10.9. The molecule has 3 N–H and O–H groups in total. The largest absolute Gasteiger partial charge is 0.338 e. The fourth-order valence-corrected chi connectivity index (χ4v) is 2.64. The Labute approximate surface area is 130 Å². The van der Waals surface area contributed by atoms with Crippen LogP contribution in [-0.4, -0.2) is 10.1 Å². The van der Waals surface area contributed by atoms with Crippen LogP contribution in [0, 0.1) is 5.92 Å². The van der Waals surface area contributed by atoms with Crippen molar-refractivity contribution in [3.63, 3.8) is 0 Å². The minimum absolute atomic E-state index is 0. The molecule has 0 bridgehead atoms. The van der Waals surface area contributed by atoms with E-state index in [9.17, 15) is 0 Å². The van der Waals surface area contributed by atoms with E-state index in [1.54, 1.807) is 0 Å². The Kier molecular flexibility index (Phi) is 5.73. The van der Waals surface area contributed by atoms with Gasteiger partial charge in [0, 0.05) is 6.04 Å². The second-order valence-electron chi connectivity index (χ2n) is 5.27. The number of halogens is 1. The zero-order valence-electron chi connectivity index (χ0n) is 11.9. The molecular formula is C15H21ClN4O. The molecule has 6 heteroatoms. The minimum Gasteiger partial charge on any atom is -0.338 e. The average Bonchev–Trinajstić information content (AvgIpc) is 2.90. The fourth-order valence-electron chi connectivity index (χ4n) is 2.64. The third-order valence-corrected chi connectivity index (χ3v) is 3.94. The molecule has 0 aliphatic heterocycles. The Morgan fingerprint density at radius 1 is 1.29 bits per heavy atom. The molecule has 21 heavy (non-hydrogen) atoms. The summed E-state index contributed by atoms with van der Waals surface area (Å²) in [6.45, 7) is 0.900. The Hall–Kier alpha value is -1.43. The minimum atomic E-state index is 0. The topological polar surface area (TPSA) is 77.0 Å². The summed E-state index contributed by atoms with van der Waals surface area (Å²) < 4.78 is 5.03. The van der Waals surface area contributed by atoms with Crippen molar-refractivity contribution in [2.75, 3.05) is 0 Å². The predicted octanol–water partition coefficient (Wildman–Crippen LogP) is 2.58. The maximum absolute atomic E-state index is 5.47. The van der Waals surface area contributed by atoms with Gasteiger partial charge in [0.2, 0.25) is 5.89 Å². The highest BCUT2D eigenvalue weighted by atomic mass is 35.5. The molecule has 1 aliphatic rings. The second kappa shape index (κ2) is 7.54. The molecule has 1 aromatic heterocycles. The van der Waals surface area contributed by atoms with Gasteiger partial charge in [-0.05, 0) is 24.3 Å². The van der Waals surface area contributed by atoms with E-state index in [0.717, 1.165) is 0 Å². The van der Waals surface area contributed by atoms with Crippen LogP contribution >= 0.6 is 12.4 Å². The molecule has 0 saturated heterocycles. The third-order valence-electron chi connectivity index (χ3n) is 3.94. The number of nitrogens with one attached hydrogen (secondary N) is 1. The first-order valence-electron chi connectivity index (χ1n) is 7.16. The number of hydrogen-bond donors (Lipinski definition) is 2. The summed E-state index contributed by atoms with van der Waals surface area (Å²) in [4.78, 5) is 4.23. The molecule has 114 valence electrons. The molecule has 0 spiro atoms. The zero-order chi connectivity index (χ0) is 13.8. The molecule has 3 rings (SSSR count). The maximum atomic E-state index is 5.47. The smallest absolute Gasteiger partial charge is 0.240 e. The number of aromatic nitrogens is 2. The Morgan fingerprint density at radius 2 is 2.05 bits per heavy atom.